The number of nitrogens with two attached hydrogens (primary N) is 1. The number of hydrogen-bond donors (Lipinski definition) is 5. The first-order valence-electron chi connectivity index (χ1n) is 16.5. The van der Waals surface area contributed by atoms with E-state index in [0.29, 0.717) is 12.8 Å². The Morgan fingerprint density at radius 3 is 1.75 bits per heavy atom. The molecule has 0 heterocycles. The third kappa shape index (κ3) is 18.3. The zero-order valence-electron chi connectivity index (χ0n) is 27.1. The molecule has 1 rings (SSSR count). The molecule has 0 bridgehead atoms. The topological polar surface area (TPSA) is 168 Å². The number of carbonyl (C=O) groups is 5. The number of carboxylic acids is 1. The minimum absolute atomic E-state index is 0.0888. The Hall–Kier alpha value is -3.43. The molecule has 0 aliphatic heterocycles. The van der Waals surface area contributed by atoms with Gasteiger partial charge in [-0.25, -0.2) is 0 Å². The Kier molecular flexibility index (Phi) is 20.2. The van der Waals surface area contributed by atoms with Gasteiger partial charge in [0.15, 0.2) is 0 Å². The van der Waals surface area contributed by atoms with Gasteiger partial charge in [-0.2, -0.15) is 0 Å². The van der Waals surface area contributed by atoms with E-state index in [0.717, 1.165) is 24.8 Å². The lowest BCUT2D eigenvalue weighted by Gasteiger charge is -2.25. The molecule has 1 aromatic rings. The fraction of sp³-hybridized carbons (Fsp3) is 0.676. The number of unbranched alkanes of at least 4 members (excludes halogenated alkanes) is 10. The van der Waals surface area contributed by atoms with Gasteiger partial charge < -0.3 is 26.8 Å². The lowest BCUT2D eigenvalue weighted by atomic mass is 10.0. The van der Waals surface area contributed by atoms with Gasteiger partial charge in [-0.05, 0) is 30.7 Å². The fourth-order valence-electron chi connectivity index (χ4n) is 5.07. The Bertz CT molecular complexity index is 1000. The molecule has 248 valence electrons. The molecule has 1 aromatic carbocycles. The molecule has 4 amide bonds. The van der Waals surface area contributed by atoms with Crippen LogP contribution in [0.1, 0.15) is 123 Å². The van der Waals surface area contributed by atoms with Gasteiger partial charge in [-0.15, -0.1) is 0 Å². The Labute approximate surface area is 263 Å². The molecule has 0 saturated heterocycles. The lowest BCUT2D eigenvalue weighted by Crippen LogP contribution is -2.57. The standard InChI is InChI=1S/C34H56N4O6/c1-4-5-6-7-8-9-10-11-12-13-17-20-30(39)36-27(21-22-31(40)41)33(43)38-29(24-26-18-15-14-16-19-26)34(44)37-28(32(35)42)23-25(2)3/h14-16,18-19,25,27-29H,4-13,17,20-24H2,1-3H3,(H2,35,42)(H,36,39)(H,37,44)(H,38,43)(H,40,41)/t27-,28-,29-/m0/s1. The summed E-state index contributed by atoms with van der Waals surface area (Å²) in [6, 6.07) is 5.95. The second kappa shape index (κ2) is 23.0. The van der Waals surface area contributed by atoms with Crippen molar-refractivity contribution in [3.63, 3.8) is 0 Å². The number of primary amides is 1. The van der Waals surface area contributed by atoms with E-state index in [1.54, 1.807) is 0 Å². The number of hydrogen-bond acceptors (Lipinski definition) is 5. The highest BCUT2D eigenvalue weighted by atomic mass is 16.4. The molecule has 0 aromatic heterocycles. The first-order valence-corrected chi connectivity index (χ1v) is 16.5. The van der Waals surface area contributed by atoms with Crippen LogP contribution < -0.4 is 21.7 Å². The second-order valence-electron chi connectivity index (χ2n) is 12.2. The highest BCUT2D eigenvalue weighted by Gasteiger charge is 2.30. The lowest BCUT2D eigenvalue weighted by molar-refractivity contribution is -0.138. The number of carbonyl (C=O) groups excluding carboxylic acids is 4. The summed E-state index contributed by atoms with van der Waals surface area (Å²) in [4.78, 5) is 62.7. The number of nitrogens with one attached hydrogen (secondary N) is 3. The van der Waals surface area contributed by atoms with Gasteiger partial charge >= 0.3 is 5.97 Å². The average Bonchev–Trinajstić information content (AvgIpc) is 2.97. The number of rotatable bonds is 25. The van der Waals surface area contributed by atoms with Crippen molar-refractivity contribution in [1.82, 2.24) is 16.0 Å². The normalized spacial score (nSPS) is 13.1. The van der Waals surface area contributed by atoms with Gasteiger partial charge in [-0.3, -0.25) is 24.0 Å². The van der Waals surface area contributed by atoms with Crippen molar-refractivity contribution in [1.29, 1.82) is 0 Å². The zero-order valence-corrected chi connectivity index (χ0v) is 27.1. The van der Waals surface area contributed by atoms with Crippen molar-refractivity contribution in [3.05, 3.63) is 35.9 Å². The highest BCUT2D eigenvalue weighted by Crippen LogP contribution is 2.13. The van der Waals surface area contributed by atoms with Crippen LogP contribution in [0.25, 0.3) is 0 Å². The number of aliphatic carboxylic acids is 1. The van der Waals surface area contributed by atoms with E-state index >= 15 is 0 Å². The molecule has 3 atom stereocenters. The van der Waals surface area contributed by atoms with Crippen molar-refractivity contribution in [2.75, 3.05) is 0 Å². The molecular weight excluding hydrogens is 560 g/mol. The minimum Gasteiger partial charge on any atom is -0.481 e. The van der Waals surface area contributed by atoms with Crippen molar-refractivity contribution in [3.8, 4) is 0 Å². The van der Waals surface area contributed by atoms with Crippen LogP contribution in [-0.2, 0) is 30.4 Å². The summed E-state index contributed by atoms with van der Waals surface area (Å²) < 4.78 is 0. The molecule has 0 saturated carbocycles. The van der Waals surface area contributed by atoms with Crippen LogP contribution in [-0.4, -0.2) is 52.8 Å². The summed E-state index contributed by atoms with van der Waals surface area (Å²) in [5, 5.41) is 17.3. The number of benzene rings is 1. The zero-order chi connectivity index (χ0) is 32.7. The first kappa shape index (κ1) is 38.6. The number of amides is 4. The monoisotopic (exact) mass is 616 g/mol. The van der Waals surface area contributed by atoms with E-state index in [2.05, 4.69) is 22.9 Å². The molecule has 10 nitrogen and oxygen atoms in total. The van der Waals surface area contributed by atoms with Crippen LogP contribution in [0.15, 0.2) is 30.3 Å². The summed E-state index contributed by atoms with van der Waals surface area (Å²) >= 11 is 0. The maximum atomic E-state index is 13.4. The van der Waals surface area contributed by atoms with Crippen LogP contribution >= 0.6 is 0 Å². The third-order valence-corrected chi connectivity index (χ3v) is 7.59. The molecule has 0 aliphatic carbocycles. The SMILES string of the molecule is CCCCCCCCCCCCCC(=O)N[C@@H](CCC(=O)O)C(=O)N[C@@H](Cc1ccccc1)C(=O)N[C@@H](CC(C)C)C(N)=O. The summed E-state index contributed by atoms with van der Waals surface area (Å²) in [5.74, 6) is -3.26. The molecule has 10 heteroatoms. The van der Waals surface area contributed by atoms with Gasteiger partial charge in [0.1, 0.15) is 18.1 Å². The Morgan fingerprint density at radius 2 is 1.23 bits per heavy atom. The second-order valence-corrected chi connectivity index (χ2v) is 12.2. The summed E-state index contributed by atoms with van der Waals surface area (Å²) in [6.07, 6.45) is 12.9. The van der Waals surface area contributed by atoms with Crippen LogP contribution in [0.5, 0.6) is 0 Å². The van der Waals surface area contributed by atoms with Crippen molar-refractivity contribution in [2.45, 2.75) is 142 Å². The van der Waals surface area contributed by atoms with Crippen LogP contribution in [0, 0.1) is 5.92 Å². The van der Waals surface area contributed by atoms with Crippen molar-refractivity contribution >= 4 is 29.6 Å². The third-order valence-electron chi connectivity index (χ3n) is 7.59. The Morgan fingerprint density at radius 1 is 0.705 bits per heavy atom. The predicted molar refractivity (Wildman–Crippen MR) is 173 cm³/mol. The van der Waals surface area contributed by atoms with Crippen LogP contribution in [0.4, 0.5) is 0 Å². The molecule has 0 fully saturated rings. The van der Waals surface area contributed by atoms with Crippen LogP contribution in [0.2, 0.25) is 0 Å². The van der Waals surface area contributed by atoms with Gasteiger partial charge in [0, 0.05) is 19.3 Å². The maximum absolute atomic E-state index is 13.4. The van der Waals surface area contributed by atoms with E-state index < -0.39 is 41.8 Å². The molecule has 0 spiro atoms. The van der Waals surface area contributed by atoms with E-state index in [4.69, 9.17) is 5.73 Å². The van der Waals surface area contributed by atoms with Gasteiger partial charge in [0.2, 0.25) is 23.6 Å². The molecule has 6 N–H and O–H groups in total. The predicted octanol–water partition coefficient (Wildman–Crippen LogP) is 4.78. The summed E-state index contributed by atoms with van der Waals surface area (Å²) in [7, 11) is 0. The van der Waals surface area contributed by atoms with E-state index in [1.807, 2.05) is 44.2 Å². The number of carboxylic acid groups (broad SMARTS) is 1. The summed E-state index contributed by atoms with van der Waals surface area (Å²) in [5.41, 5.74) is 6.29. The molecule has 0 radical (unpaired) electrons. The van der Waals surface area contributed by atoms with Gasteiger partial charge in [0.25, 0.3) is 0 Å². The minimum atomic E-state index is -1.13. The smallest absolute Gasteiger partial charge is 0.303 e. The van der Waals surface area contributed by atoms with E-state index in [9.17, 15) is 29.1 Å². The van der Waals surface area contributed by atoms with E-state index in [1.165, 1.54) is 44.9 Å². The first-order chi connectivity index (χ1) is 21.0. The summed E-state index contributed by atoms with van der Waals surface area (Å²) in [6.45, 7) is 6.02. The Balaban J connectivity index is 2.76. The van der Waals surface area contributed by atoms with Crippen molar-refractivity contribution in [2.24, 2.45) is 11.7 Å². The van der Waals surface area contributed by atoms with Crippen molar-refractivity contribution < 1.29 is 29.1 Å². The average molecular weight is 617 g/mol. The fourth-order valence-corrected chi connectivity index (χ4v) is 5.07. The molecule has 0 unspecified atom stereocenters. The molecule has 0 aliphatic rings. The van der Waals surface area contributed by atoms with Gasteiger partial charge in [0.05, 0.1) is 0 Å². The van der Waals surface area contributed by atoms with Gasteiger partial charge in [-0.1, -0.05) is 115 Å². The molecule has 44 heavy (non-hydrogen) atoms. The quantitative estimate of drug-likeness (QED) is 0.0991. The molecular formula is C34H56N4O6. The highest BCUT2D eigenvalue weighted by molar-refractivity contribution is 5.94. The maximum Gasteiger partial charge on any atom is 0.303 e. The largest absolute Gasteiger partial charge is 0.481 e. The van der Waals surface area contributed by atoms with E-state index in [-0.39, 0.29) is 37.5 Å². The van der Waals surface area contributed by atoms with Crippen LogP contribution in [0.3, 0.4) is 0 Å².